The molecule has 2 unspecified atom stereocenters. The second kappa shape index (κ2) is 12.3. The Hall–Kier alpha value is -5.48. The lowest BCUT2D eigenvalue weighted by Gasteiger charge is -2.39. The minimum atomic E-state index is -1.93. The minimum absolute atomic E-state index is 0.0993. The Balaban J connectivity index is 1.36. The lowest BCUT2D eigenvalue weighted by atomic mass is 9.99. The van der Waals surface area contributed by atoms with Crippen LogP contribution in [0.3, 0.4) is 0 Å². The first kappa shape index (κ1) is 31.0. The molecule has 0 bridgehead atoms. The third-order valence-electron chi connectivity index (χ3n) is 6.91. The van der Waals surface area contributed by atoms with Gasteiger partial charge in [0.1, 0.15) is 47.7 Å². The van der Waals surface area contributed by atoms with Gasteiger partial charge >= 0.3 is 5.97 Å². The molecule has 0 amide bonds. The zero-order chi connectivity index (χ0) is 32.6. The van der Waals surface area contributed by atoms with Crippen LogP contribution in [-0.4, -0.2) is 89.2 Å². The molecule has 1 aromatic heterocycles. The second-order valence-electron chi connectivity index (χ2n) is 9.94. The number of hydrogen-bond acceptors (Lipinski definition) is 15. The molecule has 5 rings (SSSR count). The minimum Gasteiger partial charge on any atom is -0.508 e. The predicted molar refractivity (Wildman–Crippen MR) is 152 cm³/mol. The van der Waals surface area contributed by atoms with E-state index in [0.717, 1.165) is 12.1 Å². The standard InChI is InChI=1S/C30H26O15/c31-14-5-3-13(4-6-14)29-27(40)25(38)21-17(43-29)10-18(22(35)24(21)37)44-30-28(41)26(39)23(36)19(45-30)11-42-20(34)8-2-12-1-7-15(32)16(33)9-12/h1-10,19,23,26,28,30-33,35-37,39-41H,11H2/b8-2+/t19?,23-,26+,28?,30-/m1/s1. The van der Waals surface area contributed by atoms with Crippen molar-refractivity contribution in [1.82, 2.24) is 0 Å². The fourth-order valence-electron chi connectivity index (χ4n) is 4.49. The van der Waals surface area contributed by atoms with E-state index in [2.05, 4.69) is 0 Å². The van der Waals surface area contributed by atoms with Crippen LogP contribution in [0, 0.1) is 0 Å². The zero-order valence-corrected chi connectivity index (χ0v) is 22.8. The number of esters is 1. The van der Waals surface area contributed by atoms with Crippen LogP contribution in [0.15, 0.2) is 63.8 Å². The van der Waals surface area contributed by atoms with E-state index in [1.165, 1.54) is 48.5 Å². The summed E-state index contributed by atoms with van der Waals surface area (Å²) in [6, 6.07) is 9.99. The van der Waals surface area contributed by atoms with Gasteiger partial charge in [-0.15, -0.1) is 0 Å². The van der Waals surface area contributed by atoms with Crippen LogP contribution in [0.2, 0.25) is 0 Å². The molecule has 0 radical (unpaired) electrons. The summed E-state index contributed by atoms with van der Waals surface area (Å²) in [5, 5.41) is 90.7. The lowest BCUT2D eigenvalue weighted by Crippen LogP contribution is -2.60. The molecule has 0 spiro atoms. The molecule has 2 heterocycles. The van der Waals surface area contributed by atoms with E-state index in [4.69, 9.17) is 18.6 Å². The molecule has 5 atom stereocenters. The van der Waals surface area contributed by atoms with Crippen LogP contribution in [0.25, 0.3) is 28.4 Å². The Morgan fingerprint density at radius 3 is 2.22 bits per heavy atom. The van der Waals surface area contributed by atoms with Crippen molar-refractivity contribution in [3.63, 3.8) is 0 Å². The molecule has 4 aromatic rings. The number of aromatic hydroxyl groups is 6. The number of fused-ring (bicyclic) bond motifs is 1. The van der Waals surface area contributed by atoms with E-state index in [9.17, 15) is 55.5 Å². The first-order valence-corrected chi connectivity index (χ1v) is 13.1. The summed E-state index contributed by atoms with van der Waals surface area (Å²) < 4.78 is 21.6. The van der Waals surface area contributed by atoms with Crippen molar-refractivity contribution < 1.29 is 69.4 Å². The molecule has 1 saturated heterocycles. The van der Waals surface area contributed by atoms with Crippen LogP contribution in [-0.2, 0) is 14.3 Å². The van der Waals surface area contributed by atoms with Gasteiger partial charge in [-0.3, -0.25) is 4.79 Å². The third kappa shape index (κ3) is 6.13. The highest BCUT2D eigenvalue weighted by Crippen LogP contribution is 2.44. The molecule has 3 aromatic carbocycles. The van der Waals surface area contributed by atoms with Gasteiger partial charge in [0.05, 0.1) is 0 Å². The van der Waals surface area contributed by atoms with Gasteiger partial charge in [0, 0.05) is 17.7 Å². The summed E-state index contributed by atoms with van der Waals surface area (Å²) in [7, 11) is 0. The Kier molecular flexibility index (Phi) is 8.43. The number of aliphatic hydroxyl groups excluding tert-OH is 3. The van der Waals surface area contributed by atoms with E-state index in [1.54, 1.807) is 0 Å². The summed E-state index contributed by atoms with van der Waals surface area (Å²) in [6.07, 6.45) is -6.63. The number of carbonyl (C=O) groups is 1. The van der Waals surface area contributed by atoms with Gasteiger partial charge in [0.25, 0.3) is 0 Å². The van der Waals surface area contributed by atoms with Gasteiger partial charge in [-0.2, -0.15) is 0 Å². The highest BCUT2D eigenvalue weighted by molar-refractivity contribution is 5.91. The van der Waals surface area contributed by atoms with E-state index >= 15 is 0 Å². The van der Waals surface area contributed by atoms with Gasteiger partial charge in [-0.05, 0) is 48.0 Å². The number of carbonyl (C=O) groups excluding carboxylic acids is 1. The van der Waals surface area contributed by atoms with Crippen molar-refractivity contribution in [2.45, 2.75) is 30.7 Å². The molecule has 9 N–H and O–H groups in total. The highest BCUT2D eigenvalue weighted by Gasteiger charge is 2.46. The molecule has 15 nitrogen and oxygen atoms in total. The molecule has 236 valence electrons. The predicted octanol–water partition coefficient (Wildman–Crippen LogP) is 1.14. The number of ether oxygens (including phenoxy) is 3. The SMILES string of the molecule is O=C(/C=C/c1ccc(O)c(O)c1)OCC1O[C@@H](Oc2cc3oc(-c4ccc(O)cc4)c(O)c(=O)c3c(O)c2O)C(O)[C@@H](O)[C@@H]1O. The van der Waals surface area contributed by atoms with Crippen LogP contribution in [0.1, 0.15) is 5.56 Å². The zero-order valence-electron chi connectivity index (χ0n) is 22.8. The fourth-order valence-corrected chi connectivity index (χ4v) is 4.49. The number of aliphatic hydroxyl groups is 3. The number of phenols is 5. The maximum Gasteiger partial charge on any atom is 0.330 e. The molecule has 0 aliphatic carbocycles. The first-order valence-electron chi connectivity index (χ1n) is 13.1. The number of hydrogen-bond donors (Lipinski definition) is 9. The third-order valence-corrected chi connectivity index (χ3v) is 6.91. The van der Waals surface area contributed by atoms with Crippen molar-refractivity contribution in [2.24, 2.45) is 0 Å². The largest absolute Gasteiger partial charge is 0.508 e. The molecule has 45 heavy (non-hydrogen) atoms. The summed E-state index contributed by atoms with van der Waals surface area (Å²) in [5.74, 6) is -5.69. The molecule has 15 heteroatoms. The fraction of sp³-hybridized carbons (Fsp3) is 0.200. The average Bonchev–Trinajstić information content (AvgIpc) is 3.01. The molecule has 1 fully saturated rings. The topological polar surface area (TPSA) is 257 Å². The van der Waals surface area contributed by atoms with Crippen molar-refractivity contribution in [2.75, 3.05) is 6.61 Å². The van der Waals surface area contributed by atoms with Gasteiger partial charge in [0.2, 0.25) is 23.2 Å². The summed E-state index contributed by atoms with van der Waals surface area (Å²) in [4.78, 5) is 25.1. The lowest BCUT2D eigenvalue weighted by molar-refractivity contribution is -0.278. The van der Waals surface area contributed by atoms with Crippen molar-refractivity contribution in [1.29, 1.82) is 0 Å². The first-order chi connectivity index (χ1) is 21.3. The maximum absolute atomic E-state index is 12.9. The number of phenolic OH excluding ortho intramolecular Hbond substituents is 5. The second-order valence-corrected chi connectivity index (χ2v) is 9.94. The van der Waals surface area contributed by atoms with Crippen LogP contribution >= 0.6 is 0 Å². The smallest absolute Gasteiger partial charge is 0.330 e. The Bertz CT molecular complexity index is 1830. The van der Waals surface area contributed by atoms with Crippen LogP contribution in [0.5, 0.6) is 40.2 Å². The van der Waals surface area contributed by atoms with Crippen LogP contribution in [0.4, 0.5) is 0 Å². The average molecular weight is 627 g/mol. The van der Waals surface area contributed by atoms with Crippen molar-refractivity contribution >= 4 is 23.0 Å². The number of benzene rings is 3. The highest BCUT2D eigenvalue weighted by atomic mass is 16.7. The molecule has 1 aliphatic rings. The normalized spacial score (nSPS) is 21.6. The monoisotopic (exact) mass is 626 g/mol. The Morgan fingerprint density at radius 2 is 1.53 bits per heavy atom. The summed E-state index contributed by atoms with van der Waals surface area (Å²) in [5.41, 5.74) is -0.959. The van der Waals surface area contributed by atoms with Gasteiger partial charge in [-0.1, -0.05) is 6.07 Å². The maximum atomic E-state index is 12.9. The van der Waals surface area contributed by atoms with E-state index in [0.29, 0.717) is 5.56 Å². The Morgan fingerprint density at radius 1 is 0.822 bits per heavy atom. The van der Waals surface area contributed by atoms with Crippen molar-refractivity contribution in [3.05, 3.63) is 70.4 Å². The van der Waals surface area contributed by atoms with E-state index in [1.807, 2.05) is 0 Å². The van der Waals surface area contributed by atoms with Gasteiger partial charge < -0.3 is 64.6 Å². The Labute approximate surface area is 251 Å². The summed E-state index contributed by atoms with van der Waals surface area (Å²) >= 11 is 0. The molecular weight excluding hydrogens is 600 g/mol. The van der Waals surface area contributed by atoms with Crippen LogP contribution < -0.4 is 10.2 Å². The molecule has 1 aliphatic heterocycles. The van der Waals surface area contributed by atoms with E-state index in [-0.39, 0.29) is 28.4 Å². The van der Waals surface area contributed by atoms with Gasteiger partial charge in [0.15, 0.2) is 28.8 Å². The molecular formula is C30H26O15. The van der Waals surface area contributed by atoms with E-state index < -0.39 is 82.8 Å². The van der Waals surface area contributed by atoms with Gasteiger partial charge in [-0.25, -0.2) is 4.79 Å². The molecule has 0 saturated carbocycles. The van der Waals surface area contributed by atoms with Crippen molar-refractivity contribution in [3.8, 4) is 51.6 Å². The summed E-state index contributed by atoms with van der Waals surface area (Å²) in [6.45, 7) is -0.645. The number of rotatable bonds is 7. The quantitative estimate of drug-likeness (QED) is 0.0791.